The van der Waals surface area contributed by atoms with Crippen LogP contribution in [0.1, 0.15) is 38.4 Å². The number of nitriles is 1. The minimum atomic E-state index is -3.55. The highest BCUT2D eigenvalue weighted by molar-refractivity contribution is 7.91. The van der Waals surface area contributed by atoms with Gasteiger partial charge in [-0.3, -0.25) is 13.9 Å². The molecule has 4 heterocycles. The molecule has 61 heavy (non-hydrogen) atoms. The summed E-state index contributed by atoms with van der Waals surface area (Å²) in [6, 6.07) is 35.8. The van der Waals surface area contributed by atoms with E-state index in [2.05, 4.69) is 36.6 Å². The Hall–Kier alpha value is -7.42. The molecular weight excluding hydrogens is 813 g/mol. The number of anilines is 2. The van der Waals surface area contributed by atoms with E-state index in [0.717, 1.165) is 45.9 Å². The van der Waals surface area contributed by atoms with Gasteiger partial charge in [-0.2, -0.15) is 15.2 Å². The lowest BCUT2D eigenvalue weighted by Crippen LogP contribution is -2.13. The normalized spacial score (nSPS) is 11.5. The lowest BCUT2D eigenvalue weighted by molar-refractivity contribution is 0.100. The molecular formula is C44H40N10O5S2. The van der Waals surface area contributed by atoms with E-state index in [9.17, 15) is 26.9 Å². The van der Waals surface area contributed by atoms with E-state index in [1.54, 1.807) is 28.8 Å². The number of amides is 1. The molecule has 0 unspecified atom stereocenters. The monoisotopic (exact) mass is 852 g/mol. The van der Waals surface area contributed by atoms with Crippen LogP contribution in [0.25, 0.3) is 33.7 Å². The topological polar surface area (TPSA) is 221 Å². The van der Waals surface area contributed by atoms with Crippen molar-refractivity contribution < 1.29 is 21.6 Å². The summed E-state index contributed by atoms with van der Waals surface area (Å²) < 4.78 is 52.7. The van der Waals surface area contributed by atoms with Crippen LogP contribution < -0.4 is 16.4 Å². The number of aryl methyl sites for hydroxylation is 2. The zero-order valence-electron chi connectivity index (χ0n) is 33.5. The smallest absolute Gasteiger partial charge is 0.249 e. The van der Waals surface area contributed by atoms with Crippen molar-refractivity contribution in [1.29, 1.82) is 5.26 Å². The van der Waals surface area contributed by atoms with Gasteiger partial charge in [-0.05, 0) is 61.4 Å². The number of sulfone groups is 2. The fraction of sp³-hybridized carbons (Fsp3) is 0.136. The van der Waals surface area contributed by atoms with E-state index in [4.69, 9.17) is 5.73 Å². The van der Waals surface area contributed by atoms with Crippen LogP contribution in [0.5, 0.6) is 0 Å². The lowest BCUT2D eigenvalue weighted by atomic mass is 10.1. The third-order valence-electron chi connectivity index (χ3n) is 9.74. The summed E-state index contributed by atoms with van der Waals surface area (Å²) in [5.41, 5.74) is 11.6. The Balaban J connectivity index is 0.000000184. The number of hydrogen-bond donors (Lipinski definition) is 3. The van der Waals surface area contributed by atoms with Gasteiger partial charge in [-0.1, -0.05) is 72.8 Å². The Morgan fingerprint density at radius 2 is 1.10 bits per heavy atom. The van der Waals surface area contributed by atoms with E-state index >= 15 is 0 Å². The number of benzene rings is 4. The Bertz CT molecular complexity index is 3220. The van der Waals surface area contributed by atoms with Crippen LogP contribution >= 0.6 is 0 Å². The fourth-order valence-corrected chi connectivity index (χ4v) is 8.29. The summed E-state index contributed by atoms with van der Waals surface area (Å²) in [7, 11) is -7.08. The van der Waals surface area contributed by atoms with Crippen LogP contribution in [0.4, 0.5) is 11.6 Å². The standard InChI is InChI=1S/C22H21N5O3S.C22H19N5O2S/c1-14-11-17-16(20(23)28)9-6-10-18(17)27(14)22-25-13-19(31(2,29)30)21(26-22)24-12-15-7-4-3-5-8-15;1-15-11-18-17(12-23)9-6-10-19(18)27(15)22-25-14-20(30(2,28)29)21(26-22)24-13-16-7-4-3-5-8-16/h3-11,13H,12H2,1-2H3,(H2,23,28)(H,24,25,26);3-11,14H,13H2,1-2H3,(H,24,25,26). The molecule has 0 atom stereocenters. The van der Waals surface area contributed by atoms with Crippen LogP contribution in [-0.2, 0) is 32.8 Å². The second-order valence-electron chi connectivity index (χ2n) is 14.2. The van der Waals surface area contributed by atoms with Crippen LogP contribution in [0.2, 0.25) is 0 Å². The summed E-state index contributed by atoms with van der Waals surface area (Å²) in [5.74, 6) is 0.548. The molecule has 0 radical (unpaired) electrons. The molecule has 0 saturated carbocycles. The summed E-state index contributed by atoms with van der Waals surface area (Å²) in [5, 5.41) is 17.1. The summed E-state index contributed by atoms with van der Waals surface area (Å²) in [6.07, 6.45) is 4.88. The number of nitrogens with two attached hydrogens (primary N) is 1. The molecule has 4 aromatic heterocycles. The summed E-state index contributed by atoms with van der Waals surface area (Å²) >= 11 is 0. The van der Waals surface area contributed by atoms with E-state index in [-0.39, 0.29) is 27.4 Å². The van der Waals surface area contributed by atoms with Gasteiger partial charge in [0.25, 0.3) is 0 Å². The molecule has 0 spiro atoms. The van der Waals surface area contributed by atoms with Crippen molar-refractivity contribution >= 4 is 59.0 Å². The van der Waals surface area contributed by atoms with E-state index in [1.165, 1.54) is 12.4 Å². The van der Waals surface area contributed by atoms with Crippen molar-refractivity contribution in [2.75, 3.05) is 23.1 Å². The highest BCUT2D eigenvalue weighted by Gasteiger charge is 2.22. The molecule has 0 bridgehead atoms. The van der Waals surface area contributed by atoms with E-state index in [1.807, 2.05) is 103 Å². The highest BCUT2D eigenvalue weighted by atomic mass is 32.2. The Kier molecular flexibility index (Phi) is 11.7. The highest BCUT2D eigenvalue weighted by Crippen LogP contribution is 2.29. The average Bonchev–Trinajstić information content (AvgIpc) is 3.77. The number of nitrogens with one attached hydrogen (secondary N) is 2. The summed E-state index contributed by atoms with van der Waals surface area (Å²) in [6.45, 7) is 4.57. The van der Waals surface area contributed by atoms with Crippen molar-refractivity contribution in [2.45, 2.75) is 36.7 Å². The number of rotatable bonds is 11. The predicted octanol–water partition coefficient (Wildman–Crippen LogP) is 6.46. The maximum absolute atomic E-state index is 12.3. The Labute approximate surface area is 352 Å². The van der Waals surface area contributed by atoms with Crippen LogP contribution in [-0.4, -0.2) is 64.3 Å². The van der Waals surface area contributed by atoms with Crippen molar-refractivity contribution in [3.63, 3.8) is 0 Å². The molecule has 0 fully saturated rings. The number of hydrogen-bond acceptors (Lipinski definition) is 12. The zero-order chi connectivity index (χ0) is 43.5. The van der Waals surface area contributed by atoms with Crippen molar-refractivity contribution in [1.82, 2.24) is 29.1 Å². The molecule has 308 valence electrons. The number of fused-ring (bicyclic) bond motifs is 2. The number of aromatic nitrogens is 6. The van der Waals surface area contributed by atoms with Gasteiger partial charge in [0.15, 0.2) is 31.3 Å². The van der Waals surface area contributed by atoms with Gasteiger partial charge in [0.1, 0.15) is 9.79 Å². The SMILES string of the molecule is Cc1cc2c(C#N)cccc2n1-c1ncc(S(C)(=O)=O)c(NCc2ccccc2)n1.Cc1cc2c(C(N)=O)cccc2n1-c1ncc(S(C)(=O)=O)c(NCc2ccccc2)n1. The first-order valence-corrected chi connectivity index (χ1v) is 22.5. The molecule has 17 heteroatoms. The van der Waals surface area contributed by atoms with Gasteiger partial charge >= 0.3 is 0 Å². The minimum Gasteiger partial charge on any atom is -0.366 e. The largest absolute Gasteiger partial charge is 0.366 e. The molecule has 4 N–H and O–H groups in total. The number of carbonyl (C=O) groups is 1. The minimum absolute atomic E-state index is 0.0131. The molecule has 0 aliphatic carbocycles. The zero-order valence-corrected chi connectivity index (χ0v) is 35.2. The fourth-order valence-electron chi connectivity index (χ4n) is 6.87. The first-order valence-electron chi connectivity index (χ1n) is 18.8. The summed E-state index contributed by atoms with van der Waals surface area (Å²) in [4.78, 5) is 29.5. The molecule has 0 aliphatic heterocycles. The first kappa shape index (κ1) is 41.7. The number of nitrogens with zero attached hydrogens (tertiary/aromatic N) is 7. The third-order valence-corrected chi connectivity index (χ3v) is 11.9. The average molecular weight is 853 g/mol. The molecule has 4 aromatic carbocycles. The van der Waals surface area contributed by atoms with Gasteiger partial charge in [0, 0.05) is 53.3 Å². The third kappa shape index (κ3) is 8.95. The molecule has 1 amide bonds. The Morgan fingerprint density at radius 3 is 1.54 bits per heavy atom. The number of carbonyl (C=O) groups excluding carboxylic acids is 1. The van der Waals surface area contributed by atoms with Crippen LogP contribution in [0, 0.1) is 25.2 Å². The van der Waals surface area contributed by atoms with Crippen molar-refractivity contribution in [2.24, 2.45) is 5.73 Å². The van der Waals surface area contributed by atoms with Crippen molar-refractivity contribution in [3.05, 3.63) is 155 Å². The van der Waals surface area contributed by atoms with Crippen LogP contribution in [0.3, 0.4) is 0 Å². The lowest BCUT2D eigenvalue weighted by Gasteiger charge is -2.13. The molecule has 0 saturated heterocycles. The van der Waals surface area contributed by atoms with Gasteiger partial charge in [0.2, 0.25) is 17.8 Å². The molecule has 8 aromatic rings. The van der Waals surface area contributed by atoms with Gasteiger partial charge < -0.3 is 16.4 Å². The second-order valence-corrected chi connectivity index (χ2v) is 18.2. The Morgan fingerprint density at radius 1 is 0.656 bits per heavy atom. The maximum atomic E-state index is 12.3. The quantitative estimate of drug-likeness (QED) is 0.128. The molecule has 15 nitrogen and oxygen atoms in total. The van der Waals surface area contributed by atoms with Crippen molar-refractivity contribution in [3.8, 4) is 18.0 Å². The predicted molar refractivity (Wildman–Crippen MR) is 234 cm³/mol. The van der Waals surface area contributed by atoms with E-state index in [0.29, 0.717) is 41.1 Å². The molecule has 0 aliphatic rings. The van der Waals surface area contributed by atoms with Gasteiger partial charge in [0.05, 0.1) is 35.1 Å². The maximum Gasteiger partial charge on any atom is 0.249 e. The van der Waals surface area contributed by atoms with Gasteiger partial charge in [-0.25, -0.2) is 26.8 Å². The number of primary amides is 1. The van der Waals surface area contributed by atoms with Gasteiger partial charge in [-0.15, -0.1) is 0 Å². The first-order chi connectivity index (χ1) is 29.1. The second kappa shape index (κ2) is 17.0. The van der Waals surface area contributed by atoms with Crippen LogP contribution in [0.15, 0.2) is 131 Å². The van der Waals surface area contributed by atoms with E-state index < -0.39 is 25.6 Å². The molecule has 8 rings (SSSR count).